The van der Waals surface area contributed by atoms with Crippen LogP contribution in [0.2, 0.25) is 0 Å². The van der Waals surface area contributed by atoms with E-state index in [1.807, 2.05) is 6.07 Å². The molecular formula is C17H15BrFN9. The van der Waals surface area contributed by atoms with E-state index in [1.54, 1.807) is 25.2 Å². The Morgan fingerprint density at radius 3 is 2.61 bits per heavy atom. The molecule has 3 rings (SSSR count). The minimum atomic E-state index is -0.778. The SMILES string of the molecule is CN(C)c1cc(F)cc(Br)c1C1N=C(NC#N)Nc2nc(N)c(C#N)c(N)c21. The van der Waals surface area contributed by atoms with Gasteiger partial charge in [0.15, 0.2) is 6.19 Å². The summed E-state index contributed by atoms with van der Waals surface area (Å²) in [5.74, 6) is -0.104. The lowest BCUT2D eigenvalue weighted by Crippen LogP contribution is -2.33. The van der Waals surface area contributed by atoms with E-state index in [0.717, 1.165) is 0 Å². The second kappa shape index (κ2) is 7.21. The largest absolute Gasteiger partial charge is 0.397 e. The summed E-state index contributed by atoms with van der Waals surface area (Å²) in [4.78, 5) is 10.4. The molecule has 1 aliphatic heterocycles. The van der Waals surface area contributed by atoms with E-state index in [2.05, 4.69) is 36.5 Å². The summed E-state index contributed by atoms with van der Waals surface area (Å²) in [7, 11) is 3.52. The zero-order valence-electron chi connectivity index (χ0n) is 14.9. The molecule has 1 atom stereocenters. The van der Waals surface area contributed by atoms with Crippen LogP contribution < -0.4 is 27.0 Å². The number of rotatable bonds is 2. The molecule has 1 aromatic carbocycles. The number of pyridine rings is 1. The van der Waals surface area contributed by atoms with Crippen LogP contribution in [0.5, 0.6) is 0 Å². The maximum atomic E-state index is 14.0. The predicted octanol–water partition coefficient (Wildman–Crippen LogP) is 2.03. The van der Waals surface area contributed by atoms with Crippen LogP contribution >= 0.6 is 15.9 Å². The summed E-state index contributed by atoms with van der Waals surface area (Å²) in [6, 6.07) is 3.84. The first-order chi connectivity index (χ1) is 13.3. The minimum Gasteiger partial charge on any atom is -0.397 e. The lowest BCUT2D eigenvalue weighted by atomic mass is 9.93. The van der Waals surface area contributed by atoms with E-state index in [9.17, 15) is 9.65 Å². The average molecular weight is 444 g/mol. The van der Waals surface area contributed by atoms with Crippen LogP contribution in [-0.2, 0) is 0 Å². The lowest BCUT2D eigenvalue weighted by Gasteiger charge is -2.29. The standard InChI is InChI=1S/C17H15BrFN9/c1-28(2)10-4-7(19)3-9(18)11(10)14-12-13(22)8(5-20)15(23)26-16(12)27-17(25-14)24-6-21/h3-4,14H,1-2H3,(H6,22,23,24,25,26,27). The Labute approximate surface area is 168 Å². The van der Waals surface area contributed by atoms with Crippen LogP contribution in [0.15, 0.2) is 21.6 Å². The second-order valence-corrected chi connectivity index (χ2v) is 6.97. The number of nitrogens with two attached hydrogens (primary N) is 2. The van der Waals surface area contributed by atoms with Crippen molar-refractivity contribution in [2.45, 2.75) is 6.04 Å². The number of aliphatic imine (C=N–C) groups is 1. The number of aromatic nitrogens is 1. The van der Waals surface area contributed by atoms with Gasteiger partial charge in [-0.15, -0.1) is 0 Å². The Morgan fingerprint density at radius 1 is 1.29 bits per heavy atom. The van der Waals surface area contributed by atoms with Gasteiger partial charge in [-0.05, 0) is 12.1 Å². The highest BCUT2D eigenvalue weighted by atomic mass is 79.9. The van der Waals surface area contributed by atoms with Crippen molar-refractivity contribution in [2.24, 2.45) is 4.99 Å². The van der Waals surface area contributed by atoms with Crippen molar-refractivity contribution in [3.63, 3.8) is 0 Å². The Balaban J connectivity index is 2.37. The molecule has 28 heavy (non-hydrogen) atoms. The molecule has 11 heteroatoms. The van der Waals surface area contributed by atoms with Gasteiger partial charge in [0.05, 0.1) is 5.69 Å². The van der Waals surface area contributed by atoms with Gasteiger partial charge in [0, 0.05) is 35.4 Å². The number of anilines is 4. The fourth-order valence-electron chi connectivity index (χ4n) is 3.00. The van der Waals surface area contributed by atoms with Gasteiger partial charge in [0.2, 0.25) is 5.96 Å². The highest BCUT2D eigenvalue weighted by molar-refractivity contribution is 9.10. The van der Waals surface area contributed by atoms with Crippen molar-refractivity contribution in [3.05, 3.63) is 39.1 Å². The normalized spacial score (nSPS) is 14.8. The third-order valence-corrected chi connectivity index (χ3v) is 4.84. The molecule has 1 unspecified atom stereocenters. The highest BCUT2D eigenvalue weighted by Gasteiger charge is 2.32. The molecular weight excluding hydrogens is 429 g/mol. The molecule has 0 fully saturated rings. The Morgan fingerprint density at radius 2 is 2.00 bits per heavy atom. The van der Waals surface area contributed by atoms with Crippen molar-refractivity contribution >= 4 is 44.9 Å². The summed E-state index contributed by atoms with van der Waals surface area (Å²) < 4.78 is 14.5. The first kappa shape index (κ1) is 19.2. The smallest absolute Gasteiger partial charge is 0.211 e. The summed E-state index contributed by atoms with van der Waals surface area (Å²) in [6.07, 6.45) is 1.79. The molecule has 142 valence electrons. The summed E-state index contributed by atoms with van der Waals surface area (Å²) in [5, 5.41) is 23.7. The molecule has 2 heterocycles. The molecule has 0 aliphatic carbocycles. The van der Waals surface area contributed by atoms with Crippen LogP contribution in [0.3, 0.4) is 0 Å². The second-order valence-electron chi connectivity index (χ2n) is 6.12. The predicted molar refractivity (Wildman–Crippen MR) is 108 cm³/mol. The van der Waals surface area contributed by atoms with Crippen LogP contribution in [0.25, 0.3) is 0 Å². The molecule has 6 N–H and O–H groups in total. The molecule has 1 aliphatic rings. The first-order valence-electron chi connectivity index (χ1n) is 7.93. The number of nitrogens with one attached hydrogen (secondary N) is 2. The van der Waals surface area contributed by atoms with E-state index < -0.39 is 11.9 Å². The number of hydrogen-bond acceptors (Lipinski definition) is 9. The number of nitrogen functional groups attached to an aromatic ring is 2. The fraction of sp³-hybridized carbons (Fsp3) is 0.176. The van der Waals surface area contributed by atoms with E-state index in [4.69, 9.17) is 16.7 Å². The van der Waals surface area contributed by atoms with Gasteiger partial charge < -0.3 is 21.7 Å². The molecule has 1 aromatic heterocycles. The molecule has 0 saturated heterocycles. The van der Waals surface area contributed by atoms with E-state index in [0.29, 0.717) is 21.3 Å². The number of fused-ring (bicyclic) bond motifs is 1. The number of guanidine groups is 1. The van der Waals surface area contributed by atoms with Gasteiger partial charge in [-0.3, -0.25) is 5.32 Å². The van der Waals surface area contributed by atoms with E-state index in [1.165, 1.54) is 12.1 Å². The minimum absolute atomic E-state index is 0.0297. The van der Waals surface area contributed by atoms with Crippen LogP contribution in [0.1, 0.15) is 22.7 Å². The highest BCUT2D eigenvalue weighted by Crippen LogP contribution is 2.45. The van der Waals surface area contributed by atoms with Gasteiger partial charge in [0.25, 0.3) is 0 Å². The van der Waals surface area contributed by atoms with Crippen LogP contribution in [0, 0.1) is 28.6 Å². The van der Waals surface area contributed by atoms with E-state index in [-0.39, 0.29) is 28.8 Å². The van der Waals surface area contributed by atoms with Crippen molar-refractivity contribution in [1.82, 2.24) is 10.3 Å². The van der Waals surface area contributed by atoms with Crippen molar-refractivity contribution < 1.29 is 4.39 Å². The number of nitrogens with zero attached hydrogens (tertiary/aromatic N) is 5. The van der Waals surface area contributed by atoms with Crippen LogP contribution in [-0.4, -0.2) is 25.0 Å². The van der Waals surface area contributed by atoms with Crippen LogP contribution in [0.4, 0.5) is 27.4 Å². The number of halogens is 2. The number of nitriles is 2. The Hall–Kier alpha value is -3.57. The summed E-state index contributed by atoms with van der Waals surface area (Å²) in [6.45, 7) is 0. The van der Waals surface area contributed by atoms with E-state index >= 15 is 0 Å². The van der Waals surface area contributed by atoms with Crippen molar-refractivity contribution in [2.75, 3.05) is 35.8 Å². The van der Waals surface area contributed by atoms with Gasteiger partial charge in [-0.2, -0.15) is 10.5 Å². The van der Waals surface area contributed by atoms with Gasteiger partial charge in [-0.25, -0.2) is 14.4 Å². The summed E-state index contributed by atoms with van der Waals surface area (Å²) in [5.41, 5.74) is 13.8. The Bertz CT molecular complexity index is 1080. The molecule has 0 bridgehead atoms. The quantitative estimate of drug-likeness (QED) is 0.406. The first-order valence-corrected chi connectivity index (χ1v) is 8.72. The number of benzene rings is 1. The van der Waals surface area contributed by atoms with Gasteiger partial charge >= 0.3 is 0 Å². The van der Waals surface area contributed by atoms with Crippen molar-refractivity contribution in [3.8, 4) is 12.3 Å². The van der Waals surface area contributed by atoms with Crippen molar-refractivity contribution in [1.29, 1.82) is 10.5 Å². The maximum Gasteiger partial charge on any atom is 0.211 e. The fourth-order valence-corrected chi connectivity index (χ4v) is 3.64. The molecule has 0 amide bonds. The van der Waals surface area contributed by atoms with Gasteiger partial charge in [-0.1, -0.05) is 15.9 Å². The zero-order chi connectivity index (χ0) is 20.6. The molecule has 0 saturated carbocycles. The average Bonchev–Trinajstić information content (AvgIpc) is 2.60. The molecule has 2 aromatic rings. The third-order valence-electron chi connectivity index (χ3n) is 4.19. The summed E-state index contributed by atoms with van der Waals surface area (Å²) >= 11 is 3.39. The monoisotopic (exact) mass is 443 g/mol. The molecule has 0 spiro atoms. The number of hydrogen-bond donors (Lipinski definition) is 4. The van der Waals surface area contributed by atoms with Gasteiger partial charge in [0.1, 0.15) is 35.1 Å². The zero-order valence-corrected chi connectivity index (χ0v) is 16.5. The molecule has 9 nitrogen and oxygen atoms in total. The lowest BCUT2D eigenvalue weighted by molar-refractivity contribution is 0.625. The third kappa shape index (κ3) is 3.12. The Kier molecular flexibility index (Phi) is 4.94. The maximum absolute atomic E-state index is 14.0. The topological polar surface area (TPSA) is 152 Å². The molecule has 0 radical (unpaired) electrons.